The molecule has 0 fully saturated rings. The third-order valence-electron chi connectivity index (χ3n) is 3.47. The number of carbonyl (C=O) groups is 1. The molecule has 0 atom stereocenters. The molecule has 0 saturated heterocycles. The van der Waals surface area contributed by atoms with Gasteiger partial charge >= 0.3 is 5.97 Å². The third-order valence-corrected chi connectivity index (χ3v) is 3.47. The smallest absolute Gasteiger partial charge is 0.333 e. The standard InChI is InChI=1S/C16H31NO2/c1-5-8-11-15(14(4)16(18)19)17(12-9-6-2)13-10-7-3/h5-13H2,1-4H3,(H,18,19). The van der Waals surface area contributed by atoms with Crippen LogP contribution in [0.4, 0.5) is 0 Å². The van der Waals surface area contributed by atoms with Crippen LogP contribution in [0.25, 0.3) is 0 Å². The van der Waals surface area contributed by atoms with Crippen LogP contribution in [0.15, 0.2) is 11.3 Å². The number of unbranched alkanes of at least 4 members (excludes halogenated alkanes) is 3. The van der Waals surface area contributed by atoms with Crippen LogP contribution in [0.1, 0.15) is 72.6 Å². The summed E-state index contributed by atoms with van der Waals surface area (Å²) in [4.78, 5) is 13.6. The molecule has 0 aliphatic heterocycles. The van der Waals surface area contributed by atoms with Crippen molar-refractivity contribution in [3.63, 3.8) is 0 Å². The Balaban J connectivity index is 4.98. The summed E-state index contributed by atoms with van der Waals surface area (Å²) in [5.74, 6) is -0.774. The van der Waals surface area contributed by atoms with E-state index in [-0.39, 0.29) is 0 Å². The van der Waals surface area contributed by atoms with E-state index in [0.717, 1.165) is 63.7 Å². The number of carboxylic acid groups (broad SMARTS) is 1. The van der Waals surface area contributed by atoms with Gasteiger partial charge in [0.1, 0.15) is 0 Å². The highest BCUT2D eigenvalue weighted by Gasteiger charge is 2.15. The molecular weight excluding hydrogens is 238 g/mol. The maximum atomic E-state index is 11.3. The molecule has 0 aromatic carbocycles. The molecule has 3 heteroatoms. The van der Waals surface area contributed by atoms with Gasteiger partial charge in [0.2, 0.25) is 0 Å². The molecule has 112 valence electrons. The summed E-state index contributed by atoms with van der Waals surface area (Å²) in [6.07, 6.45) is 7.62. The van der Waals surface area contributed by atoms with Crippen molar-refractivity contribution in [1.82, 2.24) is 4.90 Å². The maximum Gasteiger partial charge on any atom is 0.333 e. The molecule has 0 bridgehead atoms. The van der Waals surface area contributed by atoms with Gasteiger partial charge in [0.25, 0.3) is 0 Å². The molecule has 0 radical (unpaired) electrons. The predicted molar refractivity (Wildman–Crippen MR) is 81.2 cm³/mol. The van der Waals surface area contributed by atoms with E-state index in [4.69, 9.17) is 0 Å². The quantitative estimate of drug-likeness (QED) is 0.564. The Morgan fingerprint density at radius 1 is 0.947 bits per heavy atom. The van der Waals surface area contributed by atoms with Crippen molar-refractivity contribution in [2.45, 2.75) is 72.6 Å². The largest absolute Gasteiger partial charge is 0.478 e. The van der Waals surface area contributed by atoms with Gasteiger partial charge in [-0.3, -0.25) is 0 Å². The monoisotopic (exact) mass is 269 g/mol. The van der Waals surface area contributed by atoms with Gasteiger partial charge in [0.05, 0.1) is 5.57 Å². The molecule has 0 spiro atoms. The summed E-state index contributed by atoms with van der Waals surface area (Å²) in [5.41, 5.74) is 1.58. The van der Waals surface area contributed by atoms with E-state index < -0.39 is 5.97 Å². The molecule has 0 amide bonds. The lowest BCUT2D eigenvalue weighted by Crippen LogP contribution is -2.27. The normalized spacial score (nSPS) is 12.2. The van der Waals surface area contributed by atoms with Crippen LogP contribution < -0.4 is 0 Å². The van der Waals surface area contributed by atoms with Crippen molar-refractivity contribution in [2.75, 3.05) is 13.1 Å². The first-order valence-corrected chi connectivity index (χ1v) is 7.76. The molecular formula is C16H31NO2. The molecule has 0 heterocycles. The Hall–Kier alpha value is -0.990. The van der Waals surface area contributed by atoms with Crippen LogP contribution in [0.3, 0.4) is 0 Å². The molecule has 0 unspecified atom stereocenters. The third kappa shape index (κ3) is 7.24. The Morgan fingerprint density at radius 2 is 1.42 bits per heavy atom. The lowest BCUT2D eigenvalue weighted by atomic mass is 10.1. The molecule has 19 heavy (non-hydrogen) atoms. The van der Waals surface area contributed by atoms with Gasteiger partial charge in [0.15, 0.2) is 0 Å². The van der Waals surface area contributed by atoms with E-state index in [0.29, 0.717) is 5.57 Å². The average Bonchev–Trinajstić information content (AvgIpc) is 2.40. The van der Waals surface area contributed by atoms with Crippen LogP contribution in [0.5, 0.6) is 0 Å². The van der Waals surface area contributed by atoms with Crippen LogP contribution in [0, 0.1) is 0 Å². The van der Waals surface area contributed by atoms with Crippen molar-refractivity contribution >= 4 is 5.97 Å². The zero-order valence-electron chi connectivity index (χ0n) is 13.2. The Kier molecular flexibility index (Phi) is 10.3. The van der Waals surface area contributed by atoms with E-state index in [1.54, 1.807) is 6.92 Å². The SMILES string of the molecule is CCCCC(=C(C)C(=O)O)N(CCCC)CCCC. The lowest BCUT2D eigenvalue weighted by Gasteiger charge is -2.29. The van der Waals surface area contributed by atoms with E-state index >= 15 is 0 Å². The second kappa shape index (κ2) is 10.9. The Bertz CT molecular complexity index is 276. The molecule has 3 nitrogen and oxygen atoms in total. The number of hydrogen-bond donors (Lipinski definition) is 1. The zero-order valence-corrected chi connectivity index (χ0v) is 13.2. The van der Waals surface area contributed by atoms with Gasteiger partial charge in [-0.1, -0.05) is 40.0 Å². The van der Waals surface area contributed by atoms with Crippen LogP contribution in [-0.4, -0.2) is 29.1 Å². The Morgan fingerprint density at radius 3 is 1.79 bits per heavy atom. The van der Waals surface area contributed by atoms with Gasteiger partial charge < -0.3 is 10.0 Å². The first-order chi connectivity index (χ1) is 9.08. The first-order valence-electron chi connectivity index (χ1n) is 7.76. The zero-order chi connectivity index (χ0) is 14.7. The molecule has 0 aliphatic carbocycles. The van der Waals surface area contributed by atoms with Crippen LogP contribution in [-0.2, 0) is 4.79 Å². The number of allylic oxidation sites excluding steroid dienone is 1. The van der Waals surface area contributed by atoms with Gasteiger partial charge in [-0.15, -0.1) is 0 Å². The minimum Gasteiger partial charge on any atom is -0.478 e. The van der Waals surface area contributed by atoms with E-state index in [1.165, 1.54) is 0 Å². The predicted octanol–water partition coefficient (Wildman–Crippen LogP) is 4.44. The minimum absolute atomic E-state index is 0.528. The Labute approximate surface area is 118 Å². The molecule has 0 saturated carbocycles. The molecule has 0 aromatic heterocycles. The summed E-state index contributed by atoms with van der Waals surface area (Å²) in [7, 11) is 0. The fraction of sp³-hybridized carbons (Fsp3) is 0.812. The summed E-state index contributed by atoms with van der Waals surface area (Å²) < 4.78 is 0. The van der Waals surface area contributed by atoms with Crippen LogP contribution in [0.2, 0.25) is 0 Å². The van der Waals surface area contributed by atoms with Crippen molar-refractivity contribution in [3.05, 3.63) is 11.3 Å². The highest BCUT2D eigenvalue weighted by atomic mass is 16.4. The lowest BCUT2D eigenvalue weighted by molar-refractivity contribution is -0.132. The topological polar surface area (TPSA) is 40.5 Å². The fourth-order valence-electron chi connectivity index (χ4n) is 2.13. The van der Waals surface area contributed by atoms with Crippen molar-refractivity contribution < 1.29 is 9.90 Å². The van der Waals surface area contributed by atoms with Crippen molar-refractivity contribution in [1.29, 1.82) is 0 Å². The van der Waals surface area contributed by atoms with Crippen molar-refractivity contribution in [3.8, 4) is 0 Å². The summed E-state index contributed by atoms with van der Waals surface area (Å²) in [6.45, 7) is 10.2. The number of rotatable bonds is 11. The summed E-state index contributed by atoms with van der Waals surface area (Å²) in [6, 6.07) is 0. The summed E-state index contributed by atoms with van der Waals surface area (Å²) >= 11 is 0. The van der Waals surface area contributed by atoms with Gasteiger partial charge in [0, 0.05) is 18.8 Å². The second-order valence-corrected chi connectivity index (χ2v) is 5.17. The highest BCUT2D eigenvalue weighted by molar-refractivity contribution is 5.86. The summed E-state index contributed by atoms with van der Waals surface area (Å²) in [5, 5.41) is 9.27. The van der Waals surface area contributed by atoms with Crippen molar-refractivity contribution in [2.24, 2.45) is 0 Å². The van der Waals surface area contributed by atoms with Gasteiger partial charge in [-0.25, -0.2) is 4.79 Å². The van der Waals surface area contributed by atoms with Gasteiger partial charge in [-0.2, -0.15) is 0 Å². The number of nitrogens with zero attached hydrogens (tertiary/aromatic N) is 1. The number of aliphatic carboxylic acids is 1. The average molecular weight is 269 g/mol. The molecule has 0 aromatic rings. The maximum absolute atomic E-state index is 11.3. The molecule has 0 rings (SSSR count). The van der Waals surface area contributed by atoms with E-state index in [1.807, 2.05) is 0 Å². The molecule has 0 aliphatic rings. The van der Waals surface area contributed by atoms with E-state index in [9.17, 15) is 9.90 Å². The first kappa shape index (κ1) is 18.0. The minimum atomic E-state index is -0.774. The highest BCUT2D eigenvalue weighted by Crippen LogP contribution is 2.19. The van der Waals surface area contributed by atoms with Crippen LogP contribution >= 0.6 is 0 Å². The van der Waals surface area contributed by atoms with E-state index in [2.05, 4.69) is 25.7 Å². The number of carboxylic acids is 1. The fourth-order valence-corrected chi connectivity index (χ4v) is 2.13. The van der Waals surface area contributed by atoms with Gasteiger partial charge in [-0.05, 0) is 32.6 Å². The molecule has 1 N–H and O–H groups in total. The number of hydrogen-bond acceptors (Lipinski definition) is 2. The second-order valence-electron chi connectivity index (χ2n) is 5.17.